The Labute approximate surface area is 181 Å². The summed E-state index contributed by atoms with van der Waals surface area (Å²) < 4.78 is 11.4. The van der Waals surface area contributed by atoms with Gasteiger partial charge >= 0.3 is 5.97 Å². The van der Waals surface area contributed by atoms with E-state index in [9.17, 15) is 4.79 Å². The Hall–Kier alpha value is -0.610. The number of rotatable bonds is 22. The highest BCUT2D eigenvalue weighted by atomic mass is 16.7. The summed E-state index contributed by atoms with van der Waals surface area (Å²) in [7, 11) is 0. The third-order valence-corrected chi connectivity index (χ3v) is 5.69. The van der Waals surface area contributed by atoms with Crippen LogP contribution in [0, 0.1) is 11.8 Å². The molecule has 174 valence electrons. The van der Waals surface area contributed by atoms with Crippen molar-refractivity contribution in [3.05, 3.63) is 0 Å². The quantitative estimate of drug-likeness (QED) is 0.146. The number of unbranched alkanes of at least 4 members (excludes halogenated alkanes) is 6. The van der Waals surface area contributed by atoms with E-state index in [2.05, 4.69) is 27.7 Å². The smallest absolute Gasteiger partial charge is 0.308 e. The molecule has 0 aromatic rings. The van der Waals surface area contributed by atoms with Gasteiger partial charge in [0.15, 0.2) is 6.29 Å². The maximum absolute atomic E-state index is 11.0. The second kappa shape index (κ2) is 20.7. The number of carbonyl (C=O) groups is 1. The summed E-state index contributed by atoms with van der Waals surface area (Å²) in [5.74, 6) is 0.818. The van der Waals surface area contributed by atoms with Gasteiger partial charge in [-0.25, -0.2) is 0 Å². The largest absolute Gasteiger partial charge is 0.481 e. The number of hydrogen-bond donors (Lipinski definition) is 1. The Bertz CT molecular complexity index is 333. The Kier molecular flexibility index (Phi) is 20.2. The van der Waals surface area contributed by atoms with Gasteiger partial charge in [0.1, 0.15) is 0 Å². The predicted octanol–water partition coefficient (Wildman–Crippen LogP) is 7.59. The first-order valence-corrected chi connectivity index (χ1v) is 12.4. The molecule has 1 N–H and O–H groups in total. The van der Waals surface area contributed by atoms with Crippen molar-refractivity contribution in [2.75, 3.05) is 13.2 Å². The molecule has 0 aliphatic rings. The standard InChI is InChI=1S/C25H50O4/c1-5-15-22(3)17-11-7-9-13-19-28-25(21-24(26)27)29-20-14-10-8-12-18-23(4)16-6-2/h22-23,25H,5-21H2,1-4H3,(H,26,27). The highest BCUT2D eigenvalue weighted by Gasteiger charge is 2.14. The fourth-order valence-electron chi connectivity index (χ4n) is 3.91. The number of carboxylic acid groups (broad SMARTS) is 1. The Morgan fingerprint density at radius 2 is 1.10 bits per heavy atom. The molecular formula is C25H50O4. The molecule has 0 fully saturated rings. The van der Waals surface area contributed by atoms with Gasteiger partial charge in [0.05, 0.1) is 6.42 Å². The first kappa shape index (κ1) is 28.4. The summed E-state index contributed by atoms with van der Waals surface area (Å²) in [5, 5.41) is 9.06. The van der Waals surface area contributed by atoms with Crippen LogP contribution in [0.1, 0.15) is 124 Å². The van der Waals surface area contributed by atoms with Crippen molar-refractivity contribution in [2.24, 2.45) is 11.8 Å². The summed E-state index contributed by atoms with van der Waals surface area (Å²) >= 11 is 0. The fourth-order valence-corrected chi connectivity index (χ4v) is 3.91. The number of aliphatic carboxylic acids is 1. The minimum absolute atomic E-state index is 0.0664. The fraction of sp³-hybridized carbons (Fsp3) is 0.960. The zero-order valence-electron chi connectivity index (χ0n) is 19.9. The molecular weight excluding hydrogens is 364 g/mol. The highest BCUT2D eigenvalue weighted by Crippen LogP contribution is 2.16. The molecule has 2 atom stereocenters. The van der Waals surface area contributed by atoms with E-state index >= 15 is 0 Å². The van der Waals surface area contributed by atoms with Gasteiger partial charge < -0.3 is 14.6 Å². The molecule has 0 saturated carbocycles. The topological polar surface area (TPSA) is 55.8 Å². The van der Waals surface area contributed by atoms with E-state index < -0.39 is 12.3 Å². The maximum Gasteiger partial charge on any atom is 0.308 e. The van der Waals surface area contributed by atoms with Crippen LogP contribution in [0.25, 0.3) is 0 Å². The van der Waals surface area contributed by atoms with E-state index in [4.69, 9.17) is 14.6 Å². The van der Waals surface area contributed by atoms with Gasteiger partial charge in [0, 0.05) is 13.2 Å². The first-order valence-electron chi connectivity index (χ1n) is 12.4. The summed E-state index contributed by atoms with van der Waals surface area (Å²) in [4.78, 5) is 11.0. The lowest BCUT2D eigenvalue weighted by atomic mass is 9.98. The zero-order chi connectivity index (χ0) is 21.7. The normalized spacial score (nSPS) is 14.6. The summed E-state index contributed by atoms with van der Waals surface area (Å²) in [6.07, 6.45) is 16.5. The molecule has 0 amide bonds. The van der Waals surface area contributed by atoms with Gasteiger partial charge in [-0.2, -0.15) is 0 Å². The Balaban J connectivity index is 3.70. The molecule has 0 aliphatic heterocycles. The van der Waals surface area contributed by atoms with E-state index in [1.807, 2.05) is 0 Å². The third-order valence-electron chi connectivity index (χ3n) is 5.69. The van der Waals surface area contributed by atoms with Crippen molar-refractivity contribution in [2.45, 2.75) is 130 Å². The van der Waals surface area contributed by atoms with E-state index in [1.54, 1.807) is 0 Å². The van der Waals surface area contributed by atoms with Crippen molar-refractivity contribution >= 4 is 5.97 Å². The van der Waals surface area contributed by atoms with Crippen LogP contribution in [-0.4, -0.2) is 30.6 Å². The molecule has 0 heterocycles. The minimum Gasteiger partial charge on any atom is -0.481 e. The van der Waals surface area contributed by atoms with Crippen LogP contribution in [0.5, 0.6) is 0 Å². The predicted molar refractivity (Wildman–Crippen MR) is 122 cm³/mol. The molecule has 0 aromatic carbocycles. The number of carboxylic acids is 1. The van der Waals surface area contributed by atoms with Crippen molar-refractivity contribution in [1.82, 2.24) is 0 Å². The summed E-state index contributed by atoms with van der Waals surface area (Å²) in [6.45, 7) is 10.4. The van der Waals surface area contributed by atoms with Crippen LogP contribution in [0.3, 0.4) is 0 Å². The average Bonchev–Trinajstić information content (AvgIpc) is 2.66. The third kappa shape index (κ3) is 20.4. The molecule has 2 unspecified atom stereocenters. The van der Waals surface area contributed by atoms with Crippen molar-refractivity contribution in [3.8, 4) is 0 Å². The van der Waals surface area contributed by atoms with Crippen molar-refractivity contribution in [3.63, 3.8) is 0 Å². The molecule has 0 radical (unpaired) electrons. The molecule has 0 spiro atoms. The molecule has 0 rings (SSSR count). The van der Waals surface area contributed by atoms with Gasteiger partial charge in [-0.05, 0) is 24.7 Å². The second-order valence-electron chi connectivity index (χ2n) is 8.96. The summed E-state index contributed by atoms with van der Waals surface area (Å²) in [6, 6.07) is 0. The monoisotopic (exact) mass is 414 g/mol. The Morgan fingerprint density at radius 1 is 0.690 bits per heavy atom. The highest BCUT2D eigenvalue weighted by molar-refractivity contribution is 5.67. The van der Waals surface area contributed by atoms with Crippen LogP contribution in [0.15, 0.2) is 0 Å². The molecule has 4 nitrogen and oxygen atoms in total. The average molecular weight is 415 g/mol. The second-order valence-corrected chi connectivity index (χ2v) is 8.96. The van der Waals surface area contributed by atoms with Crippen LogP contribution in [0.4, 0.5) is 0 Å². The van der Waals surface area contributed by atoms with Gasteiger partial charge in [-0.1, -0.05) is 105 Å². The van der Waals surface area contributed by atoms with Gasteiger partial charge in [0.25, 0.3) is 0 Å². The van der Waals surface area contributed by atoms with Crippen LogP contribution in [-0.2, 0) is 14.3 Å². The van der Waals surface area contributed by atoms with E-state index in [1.165, 1.54) is 64.2 Å². The van der Waals surface area contributed by atoms with Gasteiger partial charge in [-0.3, -0.25) is 4.79 Å². The SMILES string of the molecule is CCCC(C)CCCCCCOC(CC(=O)O)OCCCCCCC(C)CCC. The summed E-state index contributed by atoms with van der Waals surface area (Å²) in [5.41, 5.74) is 0. The molecule has 0 aromatic heterocycles. The lowest BCUT2D eigenvalue weighted by molar-refractivity contribution is -0.167. The van der Waals surface area contributed by atoms with Crippen LogP contribution in [0.2, 0.25) is 0 Å². The first-order chi connectivity index (χ1) is 14.0. The lowest BCUT2D eigenvalue weighted by Gasteiger charge is -2.17. The van der Waals surface area contributed by atoms with Crippen LogP contribution >= 0.6 is 0 Å². The van der Waals surface area contributed by atoms with Gasteiger partial charge in [-0.15, -0.1) is 0 Å². The minimum atomic E-state index is -0.857. The zero-order valence-corrected chi connectivity index (χ0v) is 19.9. The van der Waals surface area contributed by atoms with E-state index in [0.29, 0.717) is 13.2 Å². The lowest BCUT2D eigenvalue weighted by Crippen LogP contribution is -2.22. The number of hydrogen-bond acceptors (Lipinski definition) is 3. The van der Waals surface area contributed by atoms with Crippen LogP contribution < -0.4 is 0 Å². The molecule has 0 bridgehead atoms. The van der Waals surface area contributed by atoms with E-state index in [0.717, 1.165) is 37.5 Å². The molecule has 29 heavy (non-hydrogen) atoms. The maximum atomic E-state index is 11.0. The van der Waals surface area contributed by atoms with E-state index in [-0.39, 0.29) is 6.42 Å². The Morgan fingerprint density at radius 3 is 1.48 bits per heavy atom. The molecule has 4 heteroatoms. The van der Waals surface area contributed by atoms with Crippen molar-refractivity contribution in [1.29, 1.82) is 0 Å². The van der Waals surface area contributed by atoms with Gasteiger partial charge in [0.2, 0.25) is 0 Å². The van der Waals surface area contributed by atoms with Crippen molar-refractivity contribution < 1.29 is 19.4 Å². The number of ether oxygens (including phenoxy) is 2. The molecule has 0 saturated heterocycles. The molecule has 0 aliphatic carbocycles.